The predicted molar refractivity (Wildman–Crippen MR) is 60.0 cm³/mol. The minimum Gasteiger partial charge on any atom is -0.328 e. The second-order valence-corrected chi connectivity index (χ2v) is 4.08. The lowest BCUT2D eigenvalue weighted by Gasteiger charge is -2.25. The molecule has 1 amide bonds. The molecule has 1 aliphatic heterocycles. The van der Waals surface area contributed by atoms with Gasteiger partial charge < -0.3 is 9.80 Å². The molecule has 78 valence electrons. The van der Waals surface area contributed by atoms with Crippen LogP contribution in [-0.2, 0) is 4.79 Å². The first-order valence-electron chi connectivity index (χ1n) is 4.76. The van der Waals surface area contributed by atoms with E-state index in [1.807, 2.05) is 4.90 Å². The summed E-state index contributed by atoms with van der Waals surface area (Å²) >= 11 is 2.95. The van der Waals surface area contributed by atoms with E-state index in [-0.39, 0.29) is 11.9 Å². The molecule has 0 N–H and O–H groups in total. The zero-order valence-electron chi connectivity index (χ0n) is 8.59. The SMILES string of the molecule is CC1CN(C)CCCN1C(=O)C#CBr. The van der Waals surface area contributed by atoms with Crippen molar-refractivity contribution in [2.24, 2.45) is 0 Å². The fourth-order valence-corrected chi connectivity index (χ4v) is 1.96. The molecule has 0 radical (unpaired) electrons. The molecule has 0 aromatic carbocycles. The van der Waals surface area contributed by atoms with Gasteiger partial charge in [0.1, 0.15) is 0 Å². The van der Waals surface area contributed by atoms with Crippen LogP contribution in [-0.4, -0.2) is 48.4 Å². The highest BCUT2D eigenvalue weighted by atomic mass is 79.9. The fourth-order valence-electron chi connectivity index (χ4n) is 1.79. The van der Waals surface area contributed by atoms with Gasteiger partial charge >= 0.3 is 0 Å². The van der Waals surface area contributed by atoms with Crippen molar-refractivity contribution in [1.82, 2.24) is 9.80 Å². The van der Waals surface area contributed by atoms with Crippen molar-refractivity contribution in [3.63, 3.8) is 0 Å². The molecule has 1 unspecified atom stereocenters. The number of carbonyl (C=O) groups is 1. The van der Waals surface area contributed by atoms with Crippen LogP contribution in [0.25, 0.3) is 0 Å². The summed E-state index contributed by atoms with van der Waals surface area (Å²) in [5.74, 6) is 2.44. The van der Waals surface area contributed by atoms with Crippen LogP contribution in [0.1, 0.15) is 13.3 Å². The van der Waals surface area contributed by atoms with Crippen molar-refractivity contribution in [2.45, 2.75) is 19.4 Å². The van der Waals surface area contributed by atoms with Gasteiger partial charge in [-0.25, -0.2) is 0 Å². The molecule has 14 heavy (non-hydrogen) atoms. The average Bonchev–Trinajstić information content (AvgIpc) is 2.27. The maximum absolute atomic E-state index is 11.6. The van der Waals surface area contributed by atoms with Gasteiger partial charge in [0.05, 0.1) is 0 Å². The van der Waals surface area contributed by atoms with Crippen molar-refractivity contribution < 1.29 is 4.79 Å². The van der Waals surface area contributed by atoms with E-state index >= 15 is 0 Å². The standard InChI is InChI=1S/C10H15BrN2O/c1-9-8-12(2)6-3-7-13(9)10(14)4-5-11/h9H,3,6-8H2,1-2H3. The maximum Gasteiger partial charge on any atom is 0.299 e. The first-order valence-corrected chi connectivity index (χ1v) is 5.55. The van der Waals surface area contributed by atoms with Gasteiger partial charge in [0.25, 0.3) is 5.91 Å². The van der Waals surface area contributed by atoms with Gasteiger partial charge in [-0.2, -0.15) is 0 Å². The normalized spacial score (nSPS) is 23.6. The molecule has 1 heterocycles. The minimum atomic E-state index is -0.0790. The van der Waals surface area contributed by atoms with Crippen LogP contribution in [0, 0.1) is 10.8 Å². The maximum atomic E-state index is 11.6. The Bertz CT molecular complexity index is 269. The molecule has 0 aromatic heterocycles. The summed E-state index contributed by atoms with van der Waals surface area (Å²) in [4.78, 5) is 18.1. The molecule has 1 rings (SSSR count). The van der Waals surface area contributed by atoms with Gasteiger partial charge in [0, 0.05) is 41.0 Å². The van der Waals surface area contributed by atoms with E-state index in [1.54, 1.807) is 0 Å². The molecule has 4 heteroatoms. The number of halogens is 1. The summed E-state index contributed by atoms with van der Waals surface area (Å²) in [7, 11) is 2.08. The highest BCUT2D eigenvalue weighted by molar-refractivity contribution is 9.12. The van der Waals surface area contributed by atoms with Gasteiger partial charge in [-0.1, -0.05) is 0 Å². The van der Waals surface area contributed by atoms with E-state index in [1.165, 1.54) is 0 Å². The number of hydrogen-bond donors (Lipinski definition) is 0. The van der Waals surface area contributed by atoms with E-state index in [0.29, 0.717) is 0 Å². The average molecular weight is 259 g/mol. The molecule has 0 saturated carbocycles. The van der Waals surface area contributed by atoms with Crippen LogP contribution in [0.15, 0.2) is 0 Å². The number of amides is 1. The molecule has 3 nitrogen and oxygen atoms in total. The topological polar surface area (TPSA) is 23.6 Å². The molecular weight excluding hydrogens is 244 g/mol. The summed E-state index contributed by atoms with van der Waals surface area (Å²) in [5, 5.41) is 0. The zero-order chi connectivity index (χ0) is 10.6. The van der Waals surface area contributed by atoms with E-state index in [2.05, 4.69) is 45.6 Å². The van der Waals surface area contributed by atoms with Crippen molar-refractivity contribution in [2.75, 3.05) is 26.7 Å². The number of hydrogen-bond acceptors (Lipinski definition) is 2. The number of carbonyl (C=O) groups excluding carboxylic acids is 1. The third kappa shape index (κ3) is 3.00. The van der Waals surface area contributed by atoms with Gasteiger partial charge in [-0.05, 0) is 31.8 Å². The molecular formula is C10H15BrN2O. The molecule has 0 aliphatic carbocycles. The third-order valence-corrected chi connectivity index (χ3v) is 2.66. The quantitative estimate of drug-likeness (QED) is 0.603. The van der Waals surface area contributed by atoms with Crippen molar-refractivity contribution in [3.05, 3.63) is 0 Å². The van der Waals surface area contributed by atoms with Crippen LogP contribution in [0.5, 0.6) is 0 Å². The van der Waals surface area contributed by atoms with Crippen LogP contribution < -0.4 is 0 Å². The Balaban J connectivity index is 2.66. The highest BCUT2D eigenvalue weighted by Crippen LogP contribution is 2.08. The molecule has 1 atom stereocenters. The van der Waals surface area contributed by atoms with Gasteiger partial charge in [-0.15, -0.1) is 0 Å². The van der Waals surface area contributed by atoms with Crippen molar-refractivity contribution in [3.8, 4) is 10.8 Å². The molecule has 0 aromatic rings. The molecule has 1 aliphatic rings. The molecule has 1 saturated heterocycles. The van der Waals surface area contributed by atoms with Crippen LogP contribution in [0.2, 0.25) is 0 Å². The lowest BCUT2D eigenvalue weighted by molar-refractivity contribution is -0.126. The second kappa shape index (κ2) is 5.38. The summed E-state index contributed by atoms with van der Waals surface area (Å²) in [6.45, 7) is 4.85. The van der Waals surface area contributed by atoms with Crippen molar-refractivity contribution in [1.29, 1.82) is 0 Å². The molecule has 0 spiro atoms. The minimum absolute atomic E-state index is 0.0790. The number of likely N-dealkylation sites (N-methyl/N-ethyl adjacent to an activating group) is 1. The molecule has 0 bridgehead atoms. The lowest BCUT2D eigenvalue weighted by Crippen LogP contribution is -2.41. The third-order valence-electron chi connectivity index (χ3n) is 2.46. The van der Waals surface area contributed by atoms with Gasteiger partial charge in [0.2, 0.25) is 0 Å². The Morgan fingerprint density at radius 3 is 2.86 bits per heavy atom. The predicted octanol–water partition coefficient (Wildman–Crippen LogP) is 0.895. The fraction of sp³-hybridized carbons (Fsp3) is 0.700. The first-order chi connectivity index (χ1) is 6.65. The Morgan fingerprint density at radius 2 is 2.21 bits per heavy atom. The smallest absolute Gasteiger partial charge is 0.299 e. The number of rotatable bonds is 0. The van der Waals surface area contributed by atoms with E-state index in [9.17, 15) is 4.79 Å². The van der Waals surface area contributed by atoms with Crippen LogP contribution in [0.4, 0.5) is 0 Å². The Morgan fingerprint density at radius 1 is 1.50 bits per heavy atom. The first kappa shape index (κ1) is 11.5. The largest absolute Gasteiger partial charge is 0.328 e. The van der Waals surface area contributed by atoms with Crippen molar-refractivity contribution >= 4 is 21.8 Å². The zero-order valence-corrected chi connectivity index (χ0v) is 10.2. The number of nitrogens with zero attached hydrogens (tertiary/aromatic N) is 2. The van der Waals surface area contributed by atoms with Crippen LogP contribution >= 0.6 is 15.9 Å². The van der Waals surface area contributed by atoms with Gasteiger partial charge in [-0.3, -0.25) is 4.79 Å². The Labute approximate surface area is 93.6 Å². The monoisotopic (exact) mass is 258 g/mol. The summed E-state index contributed by atoms with van der Waals surface area (Å²) in [6.07, 6.45) is 1.02. The highest BCUT2D eigenvalue weighted by Gasteiger charge is 2.22. The lowest BCUT2D eigenvalue weighted by atomic mass is 10.2. The Kier molecular flexibility index (Phi) is 4.43. The van der Waals surface area contributed by atoms with Gasteiger partial charge in [0.15, 0.2) is 0 Å². The van der Waals surface area contributed by atoms with E-state index < -0.39 is 0 Å². The summed E-state index contributed by atoms with van der Waals surface area (Å²) in [5.41, 5.74) is 0. The van der Waals surface area contributed by atoms with E-state index in [4.69, 9.17) is 0 Å². The Hall–Kier alpha value is -0.530. The molecule has 1 fully saturated rings. The summed E-state index contributed by atoms with van der Waals surface area (Å²) in [6, 6.07) is 0.253. The van der Waals surface area contributed by atoms with E-state index in [0.717, 1.165) is 26.1 Å². The summed E-state index contributed by atoms with van der Waals surface area (Å²) < 4.78 is 0. The van der Waals surface area contributed by atoms with Crippen LogP contribution in [0.3, 0.4) is 0 Å². The second-order valence-electron chi connectivity index (χ2n) is 3.68.